The fourth-order valence-electron chi connectivity index (χ4n) is 1.78. The van der Waals surface area contributed by atoms with Crippen molar-refractivity contribution in [2.24, 2.45) is 0 Å². The molecule has 0 saturated carbocycles. The minimum absolute atomic E-state index is 0.240. The third-order valence-electron chi connectivity index (χ3n) is 3.12. The van der Waals surface area contributed by atoms with Crippen molar-refractivity contribution in [3.8, 4) is 0 Å². The van der Waals surface area contributed by atoms with Crippen LogP contribution in [0, 0.1) is 6.92 Å². The molecular weight excluding hydrogens is 252 g/mol. The Morgan fingerprint density at radius 3 is 2.55 bits per heavy atom. The third-order valence-corrected chi connectivity index (χ3v) is 3.12. The van der Waals surface area contributed by atoms with E-state index in [-0.39, 0.29) is 5.91 Å². The Morgan fingerprint density at radius 1 is 1.35 bits per heavy atom. The zero-order valence-electron chi connectivity index (χ0n) is 12.7. The summed E-state index contributed by atoms with van der Waals surface area (Å²) in [5.41, 5.74) is 9.24. The van der Waals surface area contributed by atoms with Crippen LogP contribution < -0.4 is 16.0 Å². The third kappa shape index (κ3) is 4.28. The van der Waals surface area contributed by atoms with E-state index in [2.05, 4.69) is 21.7 Å². The van der Waals surface area contributed by atoms with E-state index in [1.807, 2.05) is 34.1 Å². The molecule has 5 heteroatoms. The summed E-state index contributed by atoms with van der Waals surface area (Å²) in [7, 11) is 6.06. The zero-order chi connectivity index (χ0) is 15.3. The highest BCUT2D eigenvalue weighted by atomic mass is 16.1. The molecule has 0 fully saturated rings. The molecule has 0 aliphatic rings. The van der Waals surface area contributed by atoms with Crippen molar-refractivity contribution in [2.75, 3.05) is 50.2 Å². The molecule has 0 atom stereocenters. The Morgan fingerprint density at radius 2 is 2.00 bits per heavy atom. The van der Waals surface area contributed by atoms with Crippen LogP contribution in [-0.2, 0) is 4.79 Å². The van der Waals surface area contributed by atoms with E-state index >= 15 is 0 Å². The number of benzene rings is 1. The highest BCUT2D eigenvalue weighted by molar-refractivity contribution is 6.01. The summed E-state index contributed by atoms with van der Waals surface area (Å²) in [4.78, 5) is 15.7. The lowest BCUT2D eigenvalue weighted by molar-refractivity contribution is -0.111. The molecule has 1 rings (SSSR count). The lowest BCUT2D eigenvalue weighted by Gasteiger charge is -2.25. The number of aryl methyl sites for hydroxylation is 1. The number of anilines is 3. The van der Waals surface area contributed by atoms with Gasteiger partial charge in [0.05, 0.1) is 11.4 Å². The van der Waals surface area contributed by atoms with Crippen LogP contribution in [0.3, 0.4) is 0 Å². The smallest absolute Gasteiger partial charge is 0.247 e. The molecule has 20 heavy (non-hydrogen) atoms. The monoisotopic (exact) mass is 276 g/mol. The molecule has 0 aliphatic heterocycles. The summed E-state index contributed by atoms with van der Waals surface area (Å²) in [5.74, 6) is -0.240. The molecule has 0 radical (unpaired) electrons. The van der Waals surface area contributed by atoms with Crippen LogP contribution in [0.15, 0.2) is 24.8 Å². The fourth-order valence-corrected chi connectivity index (χ4v) is 1.78. The number of hydrogen-bond acceptors (Lipinski definition) is 4. The first-order chi connectivity index (χ1) is 9.35. The first-order valence-corrected chi connectivity index (χ1v) is 6.54. The minimum Gasteiger partial charge on any atom is -0.398 e. The lowest BCUT2D eigenvalue weighted by atomic mass is 10.1. The van der Waals surface area contributed by atoms with E-state index < -0.39 is 0 Å². The van der Waals surface area contributed by atoms with Crippen LogP contribution in [0.25, 0.3) is 0 Å². The summed E-state index contributed by atoms with van der Waals surface area (Å²) in [5, 5.41) is 2.80. The van der Waals surface area contributed by atoms with Gasteiger partial charge in [-0.05, 0) is 44.8 Å². The van der Waals surface area contributed by atoms with Crippen LogP contribution >= 0.6 is 0 Å². The van der Waals surface area contributed by atoms with Crippen molar-refractivity contribution >= 4 is 23.0 Å². The topological polar surface area (TPSA) is 61.6 Å². The van der Waals surface area contributed by atoms with Crippen molar-refractivity contribution in [3.63, 3.8) is 0 Å². The average Bonchev–Trinajstić information content (AvgIpc) is 2.39. The highest BCUT2D eigenvalue weighted by Crippen LogP contribution is 2.30. The summed E-state index contributed by atoms with van der Waals surface area (Å²) in [6.07, 6.45) is 1.25. The maximum absolute atomic E-state index is 11.5. The van der Waals surface area contributed by atoms with Gasteiger partial charge in [0.1, 0.15) is 0 Å². The minimum atomic E-state index is -0.240. The van der Waals surface area contributed by atoms with Gasteiger partial charge in [-0.3, -0.25) is 4.79 Å². The van der Waals surface area contributed by atoms with Crippen molar-refractivity contribution in [1.82, 2.24) is 4.90 Å². The van der Waals surface area contributed by atoms with E-state index in [9.17, 15) is 4.79 Å². The average molecular weight is 276 g/mol. The van der Waals surface area contributed by atoms with Gasteiger partial charge in [0.2, 0.25) is 5.91 Å². The molecule has 0 heterocycles. The van der Waals surface area contributed by atoms with Gasteiger partial charge < -0.3 is 20.9 Å². The second kappa shape index (κ2) is 6.96. The summed E-state index contributed by atoms with van der Waals surface area (Å²) >= 11 is 0. The van der Waals surface area contributed by atoms with E-state index in [1.165, 1.54) is 6.08 Å². The molecule has 110 valence electrons. The number of nitrogens with two attached hydrogens (primary N) is 1. The standard InChI is InChI=1S/C15H24N4O/c1-6-15(20)17-13-10-12(16)11(2)9-14(13)19(5)8-7-18(3)4/h6,9-10H,1,7-8,16H2,2-5H3,(H,17,20). The molecule has 0 bridgehead atoms. The first-order valence-electron chi connectivity index (χ1n) is 6.54. The zero-order valence-corrected chi connectivity index (χ0v) is 12.7. The van der Waals surface area contributed by atoms with Gasteiger partial charge in [0.25, 0.3) is 0 Å². The number of hydrogen-bond donors (Lipinski definition) is 2. The number of nitrogens with zero attached hydrogens (tertiary/aromatic N) is 2. The number of rotatable bonds is 6. The normalized spacial score (nSPS) is 10.4. The molecule has 0 aliphatic carbocycles. The Hall–Kier alpha value is -2.01. The van der Waals surface area contributed by atoms with Gasteiger partial charge in [0, 0.05) is 25.8 Å². The molecule has 1 aromatic carbocycles. The van der Waals surface area contributed by atoms with Gasteiger partial charge in [-0.15, -0.1) is 0 Å². The summed E-state index contributed by atoms with van der Waals surface area (Å²) < 4.78 is 0. The van der Waals surface area contributed by atoms with Crippen molar-refractivity contribution in [1.29, 1.82) is 0 Å². The second-order valence-corrected chi connectivity index (χ2v) is 5.14. The molecule has 0 aromatic heterocycles. The van der Waals surface area contributed by atoms with Crippen LogP contribution in [0.5, 0.6) is 0 Å². The van der Waals surface area contributed by atoms with Crippen LogP contribution in [-0.4, -0.2) is 45.0 Å². The van der Waals surface area contributed by atoms with Crippen molar-refractivity contribution in [3.05, 3.63) is 30.4 Å². The molecule has 1 aromatic rings. The fraction of sp³-hybridized carbons (Fsp3) is 0.400. The van der Waals surface area contributed by atoms with E-state index in [0.29, 0.717) is 11.4 Å². The Labute approximate surface area is 121 Å². The maximum atomic E-state index is 11.5. The highest BCUT2D eigenvalue weighted by Gasteiger charge is 2.12. The molecular formula is C15H24N4O. The molecule has 0 unspecified atom stereocenters. The van der Waals surface area contributed by atoms with Crippen molar-refractivity contribution in [2.45, 2.75) is 6.92 Å². The number of nitrogens with one attached hydrogen (secondary N) is 1. The maximum Gasteiger partial charge on any atom is 0.247 e. The summed E-state index contributed by atoms with van der Waals surface area (Å²) in [6, 6.07) is 3.78. The van der Waals surface area contributed by atoms with E-state index in [0.717, 1.165) is 24.3 Å². The molecule has 5 nitrogen and oxygen atoms in total. The van der Waals surface area contributed by atoms with Crippen LogP contribution in [0.2, 0.25) is 0 Å². The number of carbonyl (C=O) groups is 1. The van der Waals surface area contributed by atoms with Gasteiger partial charge in [-0.2, -0.15) is 0 Å². The van der Waals surface area contributed by atoms with Gasteiger partial charge >= 0.3 is 0 Å². The van der Waals surface area contributed by atoms with E-state index in [4.69, 9.17) is 5.73 Å². The predicted molar refractivity (Wildman–Crippen MR) is 86.2 cm³/mol. The largest absolute Gasteiger partial charge is 0.398 e. The second-order valence-electron chi connectivity index (χ2n) is 5.14. The number of carbonyl (C=O) groups excluding carboxylic acids is 1. The molecule has 1 amide bonds. The molecule has 0 spiro atoms. The first kappa shape index (κ1) is 16.0. The van der Waals surface area contributed by atoms with Crippen molar-refractivity contribution < 1.29 is 4.79 Å². The molecule has 3 N–H and O–H groups in total. The molecule has 0 saturated heterocycles. The Balaban J connectivity index is 3.05. The van der Waals surface area contributed by atoms with Crippen LogP contribution in [0.1, 0.15) is 5.56 Å². The number of amides is 1. The number of nitrogen functional groups attached to an aromatic ring is 1. The van der Waals surface area contributed by atoms with E-state index in [1.54, 1.807) is 6.07 Å². The SMILES string of the molecule is C=CC(=O)Nc1cc(N)c(C)cc1N(C)CCN(C)C. The quantitative estimate of drug-likeness (QED) is 0.613. The Bertz CT molecular complexity index is 497. The summed E-state index contributed by atoms with van der Waals surface area (Å²) in [6.45, 7) is 7.20. The predicted octanol–water partition coefficient (Wildman–Crippen LogP) is 1.70. The van der Waals surface area contributed by atoms with Gasteiger partial charge in [-0.1, -0.05) is 6.58 Å². The van der Waals surface area contributed by atoms with Gasteiger partial charge in [-0.25, -0.2) is 0 Å². The van der Waals surface area contributed by atoms with Gasteiger partial charge in [0.15, 0.2) is 0 Å². The Kier molecular flexibility index (Phi) is 5.58. The lowest BCUT2D eigenvalue weighted by Crippen LogP contribution is -2.29. The van der Waals surface area contributed by atoms with Crippen LogP contribution in [0.4, 0.5) is 17.1 Å². The number of likely N-dealkylation sites (N-methyl/N-ethyl adjacent to an activating group) is 2.